The molecule has 0 saturated carbocycles. The van der Waals surface area contributed by atoms with Gasteiger partial charge >= 0.3 is 0 Å². The van der Waals surface area contributed by atoms with Crippen molar-refractivity contribution in [3.63, 3.8) is 0 Å². The van der Waals surface area contributed by atoms with Gasteiger partial charge in [0.1, 0.15) is 0 Å². The van der Waals surface area contributed by atoms with Crippen LogP contribution in [0.15, 0.2) is 18.2 Å². The molecule has 104 valence electrons. The van der Waals surface area contributed by atoms with Gasteiger partial charge in [-0.1, -0.05) is 13.3 Å². The molecule has 6 nitrogen and oxygen atoms in total. The van der Waals surface area contributed by atoms with Crippen molar-refractivity contribution < 1.29 is 9.59 Å². The van der Waals surface area contributed by atoms with Crippen LogP contribution in [0.2, 0.25) is 0 Å². The van der Waals surface area contributed by atoms with Crippen LogP contribution in [0.3, 0.4) is 0 Å². The molecule has 1 rings (SSSR count). The van der Waals surface area contributed by atoms with Gasteiger partial charge < -0.3 is 22.1 Å². The SMILES string of the molecule is CCCCN(CC(N)=O)c1cc(N)ccc1C(N)=O. The van der Waals surface area contributed by atoms with Gasteiger partial charge in [-0.2, -0.15) is 0 Å². The summed E-state index contributed by atoms with van der Waals surface area (Å²) >= 11 is 0. The van der Waals surface area contributed by atoms with Gasteiger partial charge in [-0.25, -0.2) is 0 Å². The second kappa shape index (κ2) is 6.63. The number of nitrogens with zero attached hydrogens (tertiary/aromatic N) is 1. The molecule has 6 heteroatoms. The molecule has 0 aliphatic rings. The van der Waals surface area contributed by atoms with Crippen molar-refractivity contribution in [3.8, 4) is 0 Å². The fourth-order valence-corrected chi connectivity index (χ4v) is 1.84. The first-order valence-electron chi connectivity index (χ1n) is 6.18. The summed E-state index contributed by atoms with van der Waals surface area (Å²) in [6, 6.07) is 4.80. The molecule has 0 saturated heterocycles. The Morgan fingerprint density at radius 3 is 2.47 bits per heavy atom. The van der Waals surface area contributed by atoms with Gasteiger partial charge in [0.05, 0.1) is 17.8 Å². The van der Waals surface area contributed by atoms with E-state index in [1.807, 2.05) is 6.92 Å². The average molecular weight is 264 g/mol. The van der Waals surface area contributed by atoms with Gasteiger partial charge in [0.25, 0.3) is 5.91 Å². The monoisotopic (exact) mass is 264 g/mol. The molecule has 0 bridgehead atoms. The van der Waals surface area contributed by atoms with E-state index in [2.05, 4.69) is 0 Å². The fourth-order valence-electron chi connectivity index (χ4n) is 1.84. The third-order valence-corrected chi connectivity index (χ3v) is 2.76. The number of unbranched alkanes of at least 4 members (excludes halogenated alkanes) is 1. The zero-order valence-electron chi connectivity index (χ0n) is 11.1. The lowest BCUT2D eigenvalue weighted by Crippen LogP contribution is -2.36. The van der Waals surface area contributed by atoms with E-state index in [-0.39, 0.29) is 6.54 Å². The second-order valence-electron chi connectivity index (χ2n) is 4.38. The predicted octanol–water partition coefficient (Wildman–Crippen LogP) is 0.460. The summed E-state index contributed by atoms with van der Waals surface area (Å²) in [6.45, 7) is 2.68. The van der Waals surface area contributed by atoms with Crippen LogP contribution >= 0.6 is 0 Å². The first-order valence-corrected chi connectivity index (χ1v) is 6.18. The molecule has 0 unspecified atom stereocenters. The summed E-state index contributed by atoms with van der Waals surface area (Å²) in [5.41, 5.74) is 17.7. The fraction of sp³-hybridized carbons (Fsp3) is 0.385. The molecule has 1 aromatic rings. The summed E-state index contributed by atoms with van der Waals surface area (Å²) in [7, 11) is 0. The summed E-state index contributed by atoms with van der Waals surface area (Å²) in [5, 5.41) is 0. The molecule has 0 fully saturated rings. The Balaban J connectivity index is 3.14. The average Bonchev–Trinajstić information content (AvgIpc) is 2.33. The van der Waals surface area contributed by atoms with Gasteiger partial charge in [0, 0.05) is 12.2 Å². The first-order chi connectivity index (χ1) is 8.95. The van der Waals surface area contributed by atoms with Crippen LogP contribution in [0.4, 0.5) is 11.4 Å². The number of amides is 2. The molecule has 2 amide bonds. The van der Waals surface area contributed by atoms with Crippen molar-refractivity contribution in [1.82, 2.24) is 0 Å². The molecule has 0 spiro atoms. The molecule has 6 N–H and O–H groups in total. The number of primary amides is 2. The van der Waals surface area contributed by atoms with Crippen molar-refractivity contribution in [2.45, 2.75) is 19.8 Å². The van der Waals surface area contributed by atoms with Crippen LogP contribution in [0.5, 0.6) is 0 Å². The van der Waals surface area contributed by atoms with Crippen LogP contribution < -0.4 is 22.1 Å². The molecule has 0 atom stereocenters. The molecule has 19 heavy (non-hydrogen) atoms. The van der Waals surface area contributed by atoms with Crippen molar-refractivity contribution in [2.24, 2.45) is 11.5 Å². The Kier molecular flexibility index (Phi) is 5.17. The molecule has 1 aromatic carbocycles. The molecular weight excluding hydrogens is 244 g/mol. The predicted molar refractivity (Wildman–Crippen MR) is 75.7 cm³/mol. The topological polar surface area (TPSA) is 115 Å². The van der Waals surface area contributed by atoms with Gasteiger partial charge in [0.15, 0.2) is 0 Å². The quantitative estimate of drug-likeness (QED) is 0.620. The van der Waals surface area contributed by atoms with Gasteiger partial charge in [-0.05, 0) is 24.6 Å². The van der Waals surface area contributed by atoms with Crippen molar-refractivity contribution in [1.29, 1.82) is 0 Å². The Bertz CT molecular complexity index is 474. The lowest BCUT2D eigenvalue weighted by Gasteiger charge is -2.25. The van der Waals surface area contributed by atoms with Crippen molar-refractivity contribution in [2.75, 3.05) is 23.7 Å². The van der Waals surface area contributed by atoms with E-state index in [1.54, 1.807) is 23.1 Å². The van der Waals surface area contributed by atoms with E-state index >= 15 is 0 Å². The smallest absolute Gasteiger partial charge is 0.250 e. The number of nitrogen functional groups attached to an aromatic ring is 1. The number of carbonyl (C=O) groups is 2. The maximum Gasteiger partial charge on any atom is 0.250 e. The Morgan fingerprint density at radius 1 is 1.26 bits per heavy atom. The highest BCUT2D eigenvalue weighted by Gasteiger charge is 2.16. The lowest BCUT2D eigenvalue weighted by molar-refractivity contribution is -0.116. The van der Waals surface area contributed by atoms with Crippen LogP contribution in [0, 0.1) is 0 Å². The molecule has 0 aliphatic heterocycles. The zero-order valence-corrected chi connectivity index (χ0v) is 11.1. The summed E-state index contributed by atoms with van der Waals surface area (Å²) in [5.74, 6) is -1.02. The zero-order chi connectivity index (χ0) is 14.4. The first kappa shape index (κ1) is 14.8. The van der Waals surface area contributed by atoms with Gasteiger partial charge in [-0.3, -0.25) is 9.59 Å². The Hall–Kier alpha value is -2.24. The van der Waals surface area contributed by atoms with Crippen LogP contribution in [-0.2, 0) is 4.79 Å². The van der Waals surface area contributed by atoms with E-state index in [4.69, 9.17) is 17.2 Å². The van der Waals surface area contributed by atoms with E-state index in [0.29, 0.717) is 23.5 Å². The van der Waals surface area contributed by atoms with Gasteiger partial charge in [-0.15, -0.1) is 0 Å². The Labute approximate surface area is 112 Å². The highest BCUT2D eigenvalue weighted by molar-refractivity contribution is 6.00. The highest BCUT2D eigenvalue weighted by Crippen LogP contribution is 2.23. The number of hydrogen-bond donors (Lipinski definition) is 3. The van der Waals surface area contributed by atoms with E-state index in [9.17, 15) is 9.59 Å². The maximum absolute atomic E-state index is 11.4. The standard InChI is InChI=1S/C13H20N4O2/c1-2-3-6-17(8-12(15)18)11-7-9(14)4-5-10(11)13(16)19/h4-5,7H,2-3,6,8,14H2,1H3,(H2,15,18)(H2,16,19). The molecule has 0 aliphatic carbocycles. The van der Waals surface area contributed by atoms with Crippen LogP contribution in [0.1, 0.15) is 30.1 Å². The number of anilines is 2. The molecule has 0 radical (unpaired) electrons. The van der Waals surface area contributed by atoms with E-state index in [0.717, 1.165) is 12.8 Å². The van der Waals surface area contributed by atoms with E-state index < -0.39 is 11.8 Å². The number of hydrogen-bond acceptors (Lipinski definition) is 4. The molecule has 0 heterocycles. The minimum atomic E-state index is -0.555. The van der Waals surface area contributed by atoms with Crippen molar-refractivity contribution >= 4 is 23.2 Å². The summed E-state index contributed by atoms with van der Waals surface area (Å²) < 4.78 is 0. The summed E-state index contributed by atoms with van der Waals surface area (Å²) in [4.78, 5) is 24.3. The number of benzene rings is 1. The van der Waals surface area contributed by atoms with Crippen LogP contribution in [0.25, 0.3) is 0 Å². The van der Waals surface area contributed by atoms with E-state index in [1.165, 1.54) is 0 Å². The third-order valence-electron chi connectivity index (χ3n) is 2.76. The lowest BCUT2D eigenvalue weighted by atomic mass is 10.1. The Morgan fingerprint density at radius 2 is 1.95 bits per heavy atom. The highest BCUT2D eigenvalue weighted by atomic mass is 16.1. The third kappa shape index (κ3) is 4.17. The maximum atomic E-state index is 11.4. The minimum absolute atomic E-state index is 0.0315. The second-order valence-corrected chi connectivity index (χ2v) is 4.38. The van der Waals surface area contributed by atoms with Gasteiger partial charge in [0.2, 0.25) is 5.91 Å². The number of nitrogens with two attached hydrogens (primary N) is 3. The normalized spacial score (nSPS) is 10.2. The number of rotatable bonds is 7. The number of carbonyl (C=O) groups excluding carboxylic acids is 2. The molecular formula is C13H20N4O2. The molecule has 0 aromatic heterocycles. The van der Waals surface area contributed by atoms with Crippen molar-refractivity contribution in [3.05, 3.63) is 23.8 Å². The largest absolute Gasteiger partial charge is 0.399 e. The minimum Gasteiger partial charge on any atom is -0.399 e. The summed E-state index contributed by atoms with van der Waals surface area (Å²) in [6.07, 6.45) is 1.84. The van der Waals surface area contributed by atoms with Crippen LogP contribution in [-0.4, -0.2) is 24.9 Å².